The maximum absolute atomic E-state index is 12.8. The number of halogens is 3. The maximum atomic E-state index is 12.8. The van der Waals surface area contributed by atoms with Crippen LogP contribution in [-0.4, -0.2) is 34.3 Å². The average molecular weight is 309 g/mol. The van der Waals surface area contributed by atoms with Crippen molar-refractivity contribution in [1.29, 1.82) is 0 Å². The fourth-order valence-corrected chi connectivity index (χ4v) is 1.84. The predicted molar refractivity (Wildman–Crippen MR) is 75.4 cm³/mol. The molecule has 0 aromatic carbocycles. The molecule has 20 heavy (non-hydrogen) atoms. The zero-order valence-electron chi connectivity index (χ0n) is 11.4. The minimum atomic E-state index is -4.42. The molecule has 2 N–H and O–H groups in total. The average Bonchev–Trinajstić information content (AvgIpc) is 2.34. The molecule has 0 amide bonds. The van der Waals surface area contributed by atoms with E-state index in [0.29, 0.717) is 18.8 Å². The lowest BCUT2D eigenvalue weighted by molar-refractivity contribution is -0.137. The van der Waals surface area contributed by atoms with Crippen molar-refractivity contribution in [2.75, 3.05) is 35.7 Å². The summed E-state index contributed by atoms with van der Waals surface area (Å²) in [6.45, 7) is 2.77. The monoisotopic (exact) mass is 309 g/mol. The summed E-state index contributed by atoms with van der Waals surface area (Å²) >= 11 is 0. The highest BCUT2D eigenvalue weighted by Crippen LogP contribution is 2.32. The molecule has 0 radical (unpaired) electrons. The number of alkyl halides is 3. The zero-order chi connectivity index (χ0) is 15.2. The third-order valence-electron chi connectivity index (χ3n) is 2.40. The fourth-order valence-electron chi connectivity index (χ4n) is 1.45. The van der Waals surface area contributed by atoms with Gasteiger partial charge in [0.15, 0.2) is 0 Å². The molecule has 0 saturated carbocycles. The molecule has 1 aromatic rings. The lowest BCUT2D eigenvalue weighted by atomic mass is 10.2. The Balaban J connectivity index is 2.88. The first-order valence-electron chi connectivity index (χ1n) is 6.20. The van der Waals surface area contributed by atoms with Gasteiger partial charge in [-0.25, -0.2) is 4.98 Å². The van der Waals surface area contributed by atoms with Gasteiger partial charge in [-0.3, -0.25) is 4.21 Å². The lowest BCUT2D eigenvalue weighted by Gasteiger charge is -2.13. The molecule has 0 aliphatic heterocycles. The Bertz CT molecular complexity index is 466. The number of rotatable bonds is 7. The molecular formula is C12H18F3N3OS. The molecule has 114 valence electrons. The standard InChI is InChI=1S/C12H18F3N3OS/c1-3-4-16-10-7-9(12(13,14)15)8-11(18-10)17-5-6-20(2)19/h7-8H,3-6H2,1-2H3,(H2,16,17,18). The Morgan fingerprint density at radius 2 is 1.75 bits per heavy atom. The summed E-state index contributed by atoms with van der Waals surface area (Å²) in [6.07, 6.45) is -2.10. The van der Waals surface area contributed by atoms with Crippen molar-refractivity contribution in [2.24, 2.45) is 0 Å². The second-order valence-electron chi connectivity index (χ2n) is 4.25. The topological polar surface area (TPSA) is 54.0 Å². The summed E-state index contributed by atoms with van der Waals surface area (Å²) in [5, 5.41) is 5.60. The first kappa shape index (κ1) is 16.7. The molecule has 1 aromatic heterocycles. The second-order valence-corrected chi connectivity index (χ2v) is 5.81. The zero-order valence-corrected chi connectivity index (χ0v) is 12.2. The van der Waals surface area contributed by atoms with Crippen LogP contribution in [0.15, 0.2) is 12.1 Å². The van der Waals surface area contributed by atoms with Crippen LogP contribution < -0.4 is 10.6 Å². The Labute approximate surface area is 118 Å². The number of nitrogens with zero attached hydrogens (tertiary/aromatic N) is 1. The van der Waals surface area contributed by atoms with Gasteiger partial charge in [0.2, 0.25) is 0 Å². The quantitative estimate of drug-likeness (QED) is 0.813. The summed E-state index contributed by atoms with van der Waals surface area (Å²) in [5.41, 5.74) is -0.758. The van der Waals surface area contributed by atoms with Crippen molar-refractivity contribution in [2.45, 2.75) is 19.5 Å². The van der Waals surface area contributed by atoms with Crippen LogP contribution in [-0.2, 0) is 17.0 Å². The Hall–Kier alpha value is -1.31. The highest BCUT2D eigenvalue weighted by molar-refractivity contribution is 7.84. The number of aromatic nitrogens is 1. The molecule has 0 saturated heterocycles. The van der Waals surface area contributed by atoms with Crippen molar-refractivity contribution in [3.8, 4) is 0 Å². The molecule has 1 rings (SSSR count). The molecule has 0 fully saturated rings. The number of hydrogen-bond acceptors (Lipinski definition) is 4. The fraction of sp³-hybridized carbons (Fsp3) is 0.583. The third-order valence-corrected chi connectivity index (χ3v) is 3.18. The highest BCUT2D eigenvalue weighted by Gasteiger charge is 2.31. The maximum Gasteiger partial charge on any atom is 0.416 e. The smallest absolute Gasteiger partial charge is 0.370 e. The van der Waals surface area contributed by atoms with Gasteiger partial charge in [0.05, 0.1) is 5.56 Å². The van der Waals surface area contributed by atoms with Crippen LogP contribution in [0, 0.1) is 0 Å². The molecular weight excluding hydrogens is 291 g/mol. The summed E-state index contributed by atoms with van der Waals surface area (Å²) in [5.74, 6) is 0.668. The predicted octanol–water partition coefficient (Wildman–Crippen LogP) is 2.71. The van der Waals surface area contributed by atoms with Crippen molar-refractivity contribution in [3.05, 3.63) is 17.7 Å². The van der Waals surface area contributed by atoms with E-state index in [4.69, 9.17) is 0 Å². The van der Waals surface area contributed by atoms with E-state index in [9.17, 15) is 17.4 Å². The Morgan fingerprint density at radius 3 is 2.20 bits per heavy atom. The Kier molecular flexibility index (Phi) is 6.25. The molecule has 1 atom stereocenters. The van der Waals surface area contributed by atoms with E-state index in [1.54, 1.807) is 0 Å². The van der Waals surface area contributed by atoms with Crippen LogP contribution in [0.1, 0.15) is 18.9 Å². The first-order valence-corrected chi connectivity index (χ1v) is 7.92. The van der Waals surface area contributed by atoms with Gasteiger partial charge in [0, 0.05) is 35.9 Å². The van der Waals surface area contributed by atoms with Crippen LogP contribution >= 0.6 is 0 Å². The molecule has 0 bridgehead atoms. The second kappa shape index (κ2) is 7.47. The number of nitrogens with one attached hydrogen (secondary N) is 2. The van der Waals surface area contributed by atoms with Gasteiger partial charge in [0.25, 0.3) is 0 Å². The summed E-state index contributed by atoms with van der Waals surface area (Å²) < 4.78 is 49.3. The van der Waals surface area contributed by atoms with E-state index >= 15 is 0 Å². The molecule has 8 heteroatoms. The minimum Gasteiger partial charge on any atom is -0.370 e. The largest absolute Gasteiger partial charge is 0.416 e. The van der Waals surface area contributed by atoms with Gasteiger partial charge < -0.3 is 10.6 Å². The summed E-state index contributed by atoms with van der Waals surface area (Å²) in [6, 6.07) is 1.94. The van der Waals surface area contributed by atoms with Gasteiger partial charge in [0.1, 0.15) is 11.6 Å². The van der Waals surface area contributed by atoms with Gasteiger partial charge in [-0.05, 0) is 18.6 Å². The van der Waals surface area contributed by atoms with Crippen molar-refractivity contribution >= 4 is 22.4 Å². The van der Waals surface area contributed by atoms with Crippen molar-refractivity contribution in [1.82, 2.24) is 4.98 Å². The van der Waals surface area contributed by atoms with Gasteiger partial charge in [-0.2, -0.15) is 13.2 Å². The van der Waals surface area contributed by atoms with Gasteiger partial charge in [-0.1, -0.05) is 6.92 Å². The third kappa shape index (κ3) is 5.77. The SMILES string of the molecule is CCCNc1cc(C(F)(F)F)cc(NCCS(C)=O)n1. The van der Waals surface area contributed by atoms with E-state index in [-0.39, 0.29) is 11.6 Å². The van der Waals surface area contributed by atoms with E-state index < -0.39 is 22.5 Å². The lowest BCUT2D eigenvalue weighted by Crippen LogP contribution is -2.14. The molecule has 0 aliphatic rings. The van der Waals surface area contributed by atoms with E-state index in [0.717, 1.165) is 18.6 Å². The number of anilines is 2. The molecule has 1 heterocycles. The van der Waals surface area contributed by atoms with E-state index in [2.05, 4.69) is 15.6 Å². The minimum absolute atomic E-state index is 0.129. The van der Waals surface area contributed by atoms with E-state index in [1.165, 1.54) is 6.26 Å². The number of pyridine rings is 1. The van der Waals surface area contributed by atoms with Crippen LogP contribution in [0.4, 0.5) is 24.8 Å². The summed E-state index contributed by atoms with van der Waals surface area (Å²) in [7, 11) is -1.000. The van der Waals surface area contributed by atoms with E-state index in [1.807, 2.05) is 6.92 Å². The van der Waals surface area contributed by atoms with Crippen molar-refractivity contribution < 1.29 is 17.4 Å². The molecule has 4 nitrogen and oxygen atoms in total. The number of hydrogen-bond donors (Lipinski definition) is 2. The summed E-state index contributed by atoms with van der Waals surface area (Å²) in [4.78, 5) is 4.06. The van der Waals surface area contributed by atoms with Crippen LogP contribution in [0.5, 0.6) is 0 Å². The normalized spacial score (nSPS) is 13.1. The first-order chi connectivity index (χ1) is 9.32. The van der Waals surface area contributed by atoms with Gasteiger partial charge >= 0.3 is 6.18 Å². The van der Waals surface area contributed by atoms with Gasteiger partial charge in [-0.15, -0.1) is 0 Å². The van der Waals surface area contributed by atoms with Crippen molar-refractivity contribution in [3.63, 3.8) is 0 Å². The molecule has 1 unspecified atom stereocenters. The molecule has 0 spiro atoms. The molecule has 0 aliphatic carbocycles. The van der Waals surface area contributed by atoms with Crippen LogP contribution in [0.3, 0.4) is 0 Å². The Morgan fingerprint density at radius 1 is 1.20 bits per heavy atom. The van der Waals surface area contributed by atoms with Crippen LogP contribution in [0.25, 0.3) is 0 Å². The highest BCUT2D eigenvalue weighted by atomic mass is 32.2. The van der Waals surface area contributed by atoms with Crippen LogP contribution in [0.2, 0.25) is 0 Å².